The Kier molecular flexibility index (Phi) is 9.36. The summed E-state index contributed by atoms with van der Waals surface area (Å²) in [5.41, 5.74) is 0. The Morgan fingerprint density at radius 3 is 2.38 bits per heavy atom. The lowest BCUT2D eigenvalue weighted by Gasteiger charge is -2.13. The van der Waals surface area contributed by atoms with Gasteiger partial charge in [-0.1, -0.05) is 47.0 Å². The molecule has 96 valence electrons. The van der Waals surface area contributed by atoms with Crippen molar-refractivity contribution in [3.63, 3.8) is 0 Å². The highest BCUT2D eigenvalue weighted by atomic mass is 16.5. The maximum Gasteiger partial charge on any atom is 0.306 e. The van der Waals surface area contributed by atoms with Crippen LogP contribution in [0.4, 0.5) is 0 Å². The summed E-state index contributed by atoms with van der Waals surface area (Å²) in [6, 6.07) is 0. The third-order valence-corrected chi connectivity index (χ3v) is 2.96. The molecular formula is C14H28O2. The van der Waals surface area contributed by atoms with Crippen LogP contribution in [0.1, 0.15) is 66.2 Å². The zero-order valence-corrected chi connectivity index (χ0v) is 11.4. The number of hydrogen-bond acceptors (Lipinski definition) is 2. The molecule has 0 bridgehead atoms. The molecule has 1 unspecified atom stereocenters. The first-order chi connectivity index (χ1) is 7.60. The number of esters is 1. The van der Waals surface area contributed by atoms with Gasteiger partial charge in [0.1, 0.15) is 0 Å². The number of rotatable bonds is 9. The zero-order chi connectivity index (χ0) is 12.4. The fourth-order valence-corrected chi connectivity index (χ4v) is 1.65. The summed E-state index contributed by atoms with van der Waals surface area (Å²) in [7, 11) is 0. The SMILES string of the molecule is CCCCC(CC)CC(=O)OCCC(C)C. The number of carbonyl (C=O) groups is 1. The van der Waals surface area contributed by atoms with Gasteiger partial charge < -0.3 is 4.74 Å². The molecule has 0 saturated carbocycles. The van der Waals surface area contributed by atoms with E-state index in [0.717, 1.165) is 19.3 Å². The van der Waals surface area contributed by atoms with E-state index in [1.807, 2.05) is 0 Å². The Hall–Kier alpha value is -0.530. The topological polar surface area (TPSA) is 26.3 Å². The van der Waals surface area contributed by atoms with Crippen LogP contribution in [0, 0.1) is 11.8 Å². The number of ether oxygens (including phenoxy) is 1. The lowest BCUT2D eigenvalue weighted by molar-refractivity contribution is -0.145. The average Bonchev–Trinajstić information content (AvgIpc) is 2.23. The van der Waals surface area contributed by atoms with Crippen molar-refractivity contribution in [1.82, 2.24) is 0 Å². The average molecular weight is 228 g/mol. The molecule has 0 aromatic rings. The molecule has 0 amide bonds. The molecule has 0 radical (unpaired) electrons. The lowest BCUT2D eigenvalue weighted by Crippen LogP contribution is -2.12. The third-order valence-electron chi connectivity index (χ3n) is 2.96. The smallest absolute Gasteiger partial charge is 0.306 e. The summed E-state index contributed by atoms with van der Waals surface area (Å²) in [6.07, 6.45) is 6.24. The fraction of sp³-hybridized carbons (Fsp3) is 0.929. The molecular weight excluding hydrogens is 200 g/mol. The minimum absolute atomic E-state index is 0.0106. The molecule has 0 heterocycles. The van der Waals surface area contributed by atoms with Crippen LogP contribution in [0.2, 0.25) is 0 Å². The van der Waals surface area contributed by atoms with Gasteiger partial charge in [0.05, 0.1) is 6.61 Å². The zero-order valence-electron chi connectivity index (χ0n) is 11.4. The molecule has 1 atom stereocenters. The van der Waals surface area contributed by atoms with E-state index >= 15 is 0 Å². The second kappa shape index (κ2) is 9.68. The molecule has 0 spiro atoms. The van der Waals surface area contributed by atoms with Crippen molar-refractivity contribution in [3.05, 3.63) is 0 Å². The van der Waals surface area contributed by atoms with E-state index in [1.165, 1.54) is 12.8 Å². The summed E-state index contributed by atoms with van der Waals surface area (Å²) in [6.45, 7) is 9.21. The first-order valence-electron chi connectivity index (χ1n) is 6.75. The first-order valence-corrected chi connectivity index (χ1v) is 6.75. The molecule has 0 aliphatic heterocycles. The van der Waals surface area contributed by atoms with Gasteiger partial charge in [0.2, 0.25) is 0 Å². The highest BCUT2D eigenvalue weighted by molar-refractivity contribution is 5.69. The van der Waals surface area contributed by atoms with E-state index in [2.05, 4.69) is 27.7 Å². The quantitative estimate of drug-likeness (QED) is 0.553. The van der Waals surface area contributed by atoms with Crippen molar-refractivity contribution in [3.8, 4) is 0 Å². The summed E-state index contributed by atoms with van der Waals surface area (Å²) >= 11 is 0. The molecule has 16 heavy (non-hydrogen) atoms. The van der Waals surface area contributed by atoms with Crippen LogP contribution in [0.25, 0.3) is 0 Å². The molecule has 0 saturated heterocycles. The van der Waals surface area contributed by atoms with Crippen molar-refractivity contribution < 1.29 is 9.53 Å². The van der Waals surface area contributed by atoms with Crippen LogP contribution in [0.3, 0.4) is 0 Å². The normalized spacial score (nSPS) is 12.8. The van der Waals surface area contributed by atoms with Crippen molar-refractivity contribution in [2.75, 3.05) is 6.61 Å². The van der Waals surface area contributed by atoms with Gasteiger partial charge in [-0.15, -0.1) is 0 Å². The molecule has 0 rings (SSSR count). The molecule has 0 aromatic heterocycles. The Balaban J connectivity index is 3.65. The Labute approximate surface area is 101 Å². The molecule has 0 fully saturated rings. The van der Waals surface area contributed by atoms with E-state index in [9.17, 15) is 4.79 Å². The molecule has 2 heteroatoms. The van der Waals surface area contributed by atoms with Crippen LogP contribution in [-0.4, -0.2) is 12.6 Å². The van der Waals surface area contributed by atoms with Gasteiger partial charge in [0.15, 0.2) is 0 Å². The van der Waals surface area contributed by atoms with Crippen LogP contribution in [0.5, 0.6) is 0 Å². The highest BCUT2D eigenvalue weighted by Crippen LogP contribution is 2.17. The van der Waals surface area contributed by atoms with Crippen LogP contribution >= 0.6 is 0 Å². The summed E-state index contributed by atoms with van der Waals surface area (Å²) in [4.78, 5) is 11.5. The van der Waals surface area contributed by atoms with E-state index in [1.54, 1.807) is 0 Å². The minimum Gasteiger partial charge on any atom is -0.466 e. The standard InChI is InChI=1S/C14H28O2/c1-5-7-8-13(6-2)11-14(15)16-10-9-12(3)4/h12-13H,5-11H2,1-4H3. The maximum absolute atomic E-state index is 11.5. The van der Waals surface area contributed by atoms with Crippen molar-refractivity contribution >= 4 is 5.97 Å². The van der Waals surface area contributed by atoms with E-state index in [4.69, 9.17) is 4.74 Å². The van der Waals surface area contributed by atoms with Gasteiger partial charge in [0.25, 0.3) is 0 Å². The first kappa shape index (κ1) is 15.5. The van der Waals surface area contributed by atoms with Crippen molar-refractivity contribution in [1.29, 1.82) is 0 Å². The van der Waals surface area contributed by atoms with Gasteiger partial charge in [-0.2, -0.15) is 0 Å². The number of unbranched alkanes of at least 4 members (excludes halogenated alkanes) is 1. The summed E-state index contributed by atoms with van der Waals surface area (Å²) in [5.74, 6) is 1.12. The van der Waals surface area contributed by atoms with Crippen LogP contribution < -0.4 is 0 Å². The monoisotopic (exact) mass is 228 g/mol. The van der Waals surface area contributed by atoms with Crippen molar-refractivity contribution in [2.24, 2.45) is 11.8 Å². The second-order valence-electron chi connectivity index (χ2n) is 5.02. The predicted molar refractivity (Wildman–Crippen MR) is 68.3 cm³/mol. The Morgan fingerprint density at radius 1 is 1.19 bits per heavy atom. The Morgan fingerprint density at radius 2 is 1.88 bits per heavy atom. The Bertz CT molecular complexity index is 176. The van der Waals surface area contributed by atoms with Gasteiger partial charge >= 0.3 is 5.97 Å². The van der Waals surface area contributed by atoms with E-state index in [-0.39, 0.29) is 5.97 Å². The van der Waals surface area contributed by atoms with E-state index < -0.39 is 0 Å². The van der Waals surface area contributed by atoms with Gasteiger partial charge in [-0.25, -0.2) is 0 Å². The summed E-state index contributed by atoms with van der Waals surface area (Å²) < 4.78 is 5.23. The van der Waals surface area contributed by atoms with Crippen LogP contribution in [-0.2, 0) is 9.53 Å². The minimum atomic E-state index is -0.0106. The molecule has 2 nitrogen and oxygen atoms in total. The molecule has 0 aliphatic carbocycles. The molecule has 0 aromatic carbocycles. The number of hydrogen-bond donors (Lipinski definition) is 0. The number of carbonyl (C=O) groups excluding carboxylic acids is 1. The largest absolute Gasteiger partial charge is 0.466 e. The predicted octanol–water partition coefficient (Wildman–Crippen LogP) is 4.18. The van der Waals surface area contributed by atoms with Gasteiger partial charge in [0, 0.05) is 6.42 Å². The van der Waals surface area contributed by atoms with Crippen LogP contribution in [0.15, 0.2) is 0 Å². The molecule has 0 N–H and O–H groups in total. The van der Waals surface area contributed by atoms with Crippen molar-refractivity contribution in [2.45, 2.75) is 66.2 Å². The molecule has 0 aliphatic rings. The fourth-order valence-electron chi connectivity index (χ4n) is 1.65. The maximum atomic E-state index is 11.5. The summed E-state index contributed by atoms with van der Waals surface area (Å²) in [5, 5.41) is 0. The lowest BCUT2D eigenvalue weighted by atomic mass is 9.96. The van der Waals surface area contributed by atoms with Gasteiger partial charge in [-0.3, -0.25) is 4.79 Å². The third kappa shape index (κ3) is 8.75. The van der Waals surface area contributed by atoms with Gasteiger partial charge in [-0.05, 0) is 24.7 Å². The van der Waals surface area contributed by atoms with E-state index in [0.29, 0.717) is 24.9 Å². The second-order valence-corrected chi connectivity index (χ2v) is 5.02. The highest BCUT2D eigenvalue weighted by Gasteiger charge is 2.12.